The van der Waals surface area contributed by atoms with Gasteiger partial charge in [-0.25, -0.2) is 5.53 Å². The molecule has 0 saturated carbocycles. The molecule has 0 bridgehead atoms. The van der Waals surface area contributed by atoms with Crippen LogP contribution in [0, 0.1) is 0 Å². The van der Waals surface area contributed by atoms with Crippen LogP contribution < -0.4 is 16.5 Å². The maximum atomic E-state index is 3.49. The Balaban J connectivity index is 2.32. The second-order valence-electron chi connectivity index (χ2n) is 0.639. The summed E-state index contributed by atoms with van der Waals surface area (Å²) in [5.74, 6) is 0. The molecule has 1 aliphatic rings. The average Bonchev–Trinajstić information content (AvgIpc) is 1.76. The molecule has 3 N–H and O–H groups in total. The van der Waals surface area contributed by atoms with Crippen LogP contribution in [0.3, 0.4) is 0 Å². The minimum atomic E-state index is 1.51. The van der Waals surface area contributed by atoms with Crippen LogP contribution in [0.4, 0.5) is 0 Å². The average molecular weight is 72.1 g/mol. The molecule has 28 valence electrons. The third-order valence-electron chi connectivity index (χ3n) is 0.322. The van der Waals surface area contributed by atoms with Gasteiger partial charge in [-0.2, -0.15) is 5.10 Å². The fourth-order valence-electron chi connectivity index (χ4n) is 0.161. The van der Waals surface area contributed by atoms with Crippen LogP contribution in [0.15, 0.2) is 5.10 Å². The maximum absolute atomic E-state index is 3.49. The zero-order chi connectivity index (χ0) is 3.54. The monoisotopic (exact) mass is 72.0 g/mol. The Hall–Kier alpha value is -0.770. The summed E-state index contributed by atoms with van der Waals surface area (Å²) in [5.41, 5.74) is 7.50. The van der Waals surface area contributed by atoms with E-state index >= 15 is 0 Å². The molecule has 1 aliphatic heterocycles. The Labute approximate surface area is 29.2 Å². The molecule has 0 spiro atoms. The van der Waals surface area contributed by atoms with E-state index in [9.17, 15) is 0 Å². The first-order valence-electron chi connectivity index (χ1n) is 1.27. The van der Waals surface area contributed by atoms with Crippen molar-refractivity contribution in [2.24, 2.45) is 5.10 Å². The summed E-state index contributed by atoms with van der Waals surface area (Å²) in [6, 6.07) is 0. The van der Waals surface area contributed by atoms with Gasteiger partial charge >= 0.3 is 0 Å². The van der Waals surface area contributed by atoms with Crippen molar-refractivity contribution < 1.29 is 0 Å². The molecular formula is CH4N4. The van der Waals surface area contributed by atoms with E-state index in [0.717, 1.165) is 0 Å². The van der Waals surface area contributed by atoms with Gasteiger partial charge in [-0.1, -0.05) is 0 Å². The van der Waals surface area contributed by atoms with Gasteiger partial charge in [-0.3, -0.25) is 5.43 Å². The van der Waals surface area contributed by atoms with Gasteiger partial charge in [0, 0.05) is 0 Å². The van der Waals surface area contributed by atoms with Crippen LogP contribution in [0.5, 0.6) is 0 Å². The molecule has 0 aromatic heterocycles. The Morgan fingerprint density at radius 3 is 2.80 bits per heavy atom. The van der Waals surface area contributed by atoms with Gasteiger partial charge in [0.1, 0.15) is 6.34 Å². The molecule has 4 heteroatoms. The van der Waals surface area contributed by atoms with Crippen LogP contribution >= 0.6 is 0 Å². The SMILES string of the molecule is C1=NNNN1. The van der Waals surface area contributed by atoms with E-state index in [1.54, 1.807) is 0 Å². The highest BCUT2D eigenvalue weighted by Gasteiger charge is 1.76. The van der Waals surface area contributed by atoms with Gasteiger partial charge in [0.15, 0.2) is 0 Å². The number of nitrogens with zero attached hydrogens (tertiary/aromatic N) is 1. The van der Waals surface area contributed by atoms with E-state index in [1.807, 2.05) is 0 Å². The third-order valence-corrected chi connectivity index (χ3v) is 0.322. The molecule has 0 aromatic carbocycles. The van der Waals surface area contributed by atoms with Crippen molar-refractivity contribution in [3.05, 3.63) is 0 Å². The second-order valence-corrected chi connectivity index (χ2v) is 0.639. The number of hydrogen-bond acceptors (Lipinski definition) is 4. The Morgan fingerprint density at radius 1 is 1.60 bits per heavy atom. The van der Waals surface area contributed by atoms with E-state index in [-0.39, 0.29) is 0 Å². The minimum Gasteiger partial charge on any atom is -0.291 e. The lowest BCUT2D eigenvalue weighted by atomic mass is 11.4. The molecule has 0 fully saturated rings. The zero-order valence-electron chi connectivity index (χ0n) is 2.52. The largest absolute Gasteiger partial charge is 0.291 e. The normalized spacial score (nSPS) is 17.6. The van der Waals surface area contributed by atoms with Crippen molar-refractivity contribution >= 4 is 6.34 Å². The third kappa shape index (κ3) is 0.273. The van der Waals surface area contributed by atoms with Crippen molar-refractivity contribution in [2.75, 3.05) is 0 Å². The molecule has 0 amide bonds. The van der Waals surface area contributed by atoms with E-state index in [4.69, 9.17) is 0 Å². The van der Waals surface area contributed by atoms with Gasteiger partial charge in [0.2, 0.25) is 0 Å². The molecule has 4 nitrogen and oxygen atoms in total. The van der Waals surface area contributed by atoms with E-state index < -0.39 is 0 Å². The summed E-state index contributed by atoms with van der Waals surface area (Å²) in [6.07, 6.45) is 1.51. The highest BCUT2D eigenvalue weighted by molar-refractivity contribution is 5.53. The molecule has 0 unspecified atom stereocenters. The Bertz CT molecular complexity index is 41.6. The van der Waals surface area contributed by atoms with Gasteiger partial charge < -0.3 is 0 Å². The van der Waals surface area contributed by atoms with Crippen LogP contribution in [0.1, 0.15) is 0 Å². The number of hydrazone groups is 1. The molecule has 5 heavy (non-hydrogen) atoms. The first-order chi connectivity index (χ1) is 2.50. The highest BCUT2D eigenvalue weighted by Crippen LogP contribution is 1.48. The molecule has 1 rings (SSSR count). The highest BCUT2D eigenvalue weighted by atomic mass is 15.8. The van der Waals surface area contributed by atoms with E-state index in [2.05, 4.69) is 21.6 Å². The fraction of sp³-hybridized carbons (Fsp3) is 0. The molecule has 0 saturated heterocycles. The fourth-order valence-corrected chi connectivity index (χ4v) is 0.161. The number of nitrogens with one attached hydrogen (secondary N) is 3. The van der Waals surface area contributed by atoms with Crippen molar-refractivity contribution in [3.8, 4) is 0 Å². The summed E-state index contributed by atoms with van der Waals surface area (Å²) in [5, 5.41) is 3.49. The summed E-state index contributed by atoms with van der Waals surface area (Å²) >= 11 is 0. The van der Waals surface area contributed by atoms with Crippen molar-refractivity contribution in [3.63, 3.8) is 0 Å². The predicted molar refractivity (Wildman–Crippen MR) is 17.9 cm³/mol. The van der Waals surface area contributed by atoms with Gasteiger partial charge in [0.05, 0.1) is 0 Å². The summed E-state index contributed by atoms with van der Waals surface area (Å²) < 4.78 is 0. The number of hydrazine groups is 2. The molecule has 0 aromatic rings. The first kappa shape index (κ1) is 2.47. The van der Waals surface area contributed by atoms with E-state index in [1.165, 1.54) is 6.34 Å². The van der Waals surface area contributed by atoms with Crippen molar-refractivity contribution in [2.45, 2.75) is 0 Å². The second kappa shape index (κ2) is 0.898. The van der Waals surface area contributed by atoms with Crippen molar-refractivity contribution in [1.82, 2.24) is 16.5 Å². The van der Waals surface area contributed by atoms with Crippen LogP contribution in [-0.4, -0.2) is 6.34 Å². The van der Waals surface area contributed by atoms with Crippen LogP contribution in [-0.2, 0) is 0 Å². The molecule has 1 heterocycles. The summed E-state index contributed by atoms with van der Waals surface area (Å²) in [7, 11) is 0. The standard InChI is InChI=1S/CH4N4/c1-2-4-5-3-1/h1,4-5H,(H,2,3). The Morgan fingerprint density at radius 2 is 2.60 bits per heavy atom. The van der Waals surface area contributed by atoms with Gasteiger partial charge in [0.25, 0.3) is 0 Å². The maximum Gasteiger partial charge on any atom is 0.125 e. The lowest BCUT2D eigenvalue weighted by Gasteiger charge is -1.83. The van der Waals surface area contributed by atoms with Gasteiger partial charge in [-0.15, -0.1) is 5.53 Å². The van der Waals surface area contributed by atoms with Crippen molar-refractivity contribution in [1.29, 1.82) is 0 Å². The van der Waals surface area contributed by atoms with E-state index in [0.29, 0.717) is 0 Å². The lowest BCUT2D eigenvalue weighted by molar-refractivity contribution is 0.578. The summed E-state index contributed by atoms with van der Waals surface area (Å²) in [6.45, 7) is 0. The predicted octanol–water partition coefficient (Wildman–Crippen LogP) is -1.46. The molecule has 0 atom stereocenters. The van der Waals surface area contributed by atoms with Gasteiger partial charge in [-0.05, 0) is 0 Å². The topological polar surface area (TPSA) is 48.5 Å². The zero-order valence-corrected chi connectivity index (χ0v) is 2.52. The number of rotatable bonds is 0. The smallest absolute Gasteiger partial charge is 0.125 e. The first-order valence-corrected chi connectivity index (χ1v) is 1.27. The molecule has 0 aliphatic carbocycles. The lowest BCUT2D eigenvalue weighted by Crippen LogP contribution is -2.31. The summed E-state index contributed by atoms with van der Waals surface area (Å²) in [4.78, 5) is 0. The Kier molecular flexibility index (Phi) is 0.443. The van der Waals surface area contributed by atoms with Crippen LogP contribution in [0.2, 0.25) is 0 Å². The quantitative estimate of drug-likeness (QED) is 0.328. The molecular weight excluding hydrogens is 68.0 g/mol. The number of hydrogen-bond donors (Lipinski definition) is 3. The molecule has 0 radical (unpaired) electrons. The van der Waals surface area contributed by atoms with Crippen LogP contribution in [0.25, 0.3) is 0 Å². The minimum absolute atomic E-state index is 1.51.